The maximum Gasteiger partial charge on any atom is 0.260 e. The minimum absolute atomic E-state index is 0.262. The van der Waals surface area contributed by atoms with Gasteiger partial charge in [0.05, 0.1) is 17.2 Å². The van der Waals surface area contributed by atoms with Gasteiger partial charge in [0.25, 0.3) is 5.91 Å². The Bertz CT molecular complexity index is 545. The van der Waals surface area contributed by atoms with E-state index in [-0.39, 0.29) is 12.5 Å². The summed E-state index contributed by atoms with van der Waals surface area (Å²) in [7, 11) is 0. The fourth-order valence-electron chi connectivity index (χ4n) is 2.50. The molecule has 2 rings (SSSR count). The van der Waals surface area contributed by atoms with E-state index < -0.39 is 11.7 Å². The number of ether oxygens (including phenoxy) is 1. The molecule has 5 nitrogen and oxygen atoms in total. The Kier molecular flexibility index (Phi) is 4.81. The molecule has 112 valence electrons. The molecule has 0 heterocycles. The van der Waals surface area contributed by atoms with Gasteiger partial charge in [-0.3, -0.25) is 4.79 Å². The Morgan fingerprint density at radius 3 is 2.90 bits per heavy atom. The second-order valence-electron chi connectivity index (χ2n) is 5.55. The highest BCUT2D eigenvalue weighted by Crippen LogP contribution is 2.28. The molecular formula is C16H20N2O3. The van der Waals surface area contributed by atoms with Crippen LogP contribution in [0.15, 0.2) is 24.3 Å². The SMILES string of the molecule is CC(Oc1cccc(C#N)c1)C(=O)NCC1(O)CCCC1. The van der Waals surface area contributed by atoms with E-state index in [1.54, 1.807) is 31.2 Å². The van der Waals surface area contributed by atoms with Gasteiger partial charge in [0.15, 0.2) is 6.10 Å². The summed E-state index contributed by atoms with van der Waals surface area (Å²) in [5.74, 6) is 0.217. The molecule has 1 fully saturated rings. The largest absolute Gasteiger partial charge is 0.481 e. The van der Waals surface area contributed by atoms with Crippen molar-refractivity contribution in [3.8, 4) is 11.8 Å². The monoisotopic (exact) mass is 288 g/mol. The van der Waals surface area contributed by atoms with Crippen molar-refractivity contribution in [3.05, 3.63) is 29.8 Å². The van der Waals surface area contributed by atoms with E-state index >= 15 is 0 Å². The number of nitrogens with one attached hydrogen (secondary N) is 1. The number of carbonyl (C=O) groups is 1. The van der Waals surface area contributed by atoms with Crippen LogP contribution in [0.5, 0.6) is 5.75 Å². The molecule has 5 heteroatoms. The normalized spacial score (nSPS) is 17.8. The average molecular weight is 288 g/mol. The number of hydrogen-bond acceptors (Lipinski definition) is 4. The van der Waals surface area contributed by atoms with Crippen LogP contribution in [0.2, 0.25) is 0 Å². The van der Waals surface area contributed by atoms with E-state index in [4.69, 9.17) is 10.00 Å². The average Bonchev–Trinajstić information content (AvgIpc) is 2.92. The fourth-order valence-corrected chi connectivity index (χ4v) is 2.50. The van der Waals surface area contributed by atoms with Crippen LogP contribution in [0.3, 0.4) is 0 Å². The molecule has 1 unspecified atom stereocenters. The second kappa shape index (κ2) is 6.59. The zero-order chi connectivity index (χ0) is 15.3. The fraction of sp³-hybridized carbons (Fsp3) is 0.500. The van der Waals surface area contributed by atoms with Gasteiger partial charge in [0.1, 0.15) is 5.75 Å². The minimum Gasteiger partial charge on any atom is -0.481 e. The van der Waals surface area contributed by atoms with Gasteiger partial charge >= 0.3 is 0 Å². The number of benzene rings is 1. The quantitative estimate of drug-likeness (QED) is 0.864. The van der Waals surface area contributed by atoms with Crippen LogP contribution in [0.1, 0.15) is 38.2 Å². The number of hydrogen-bond donors (Lipinski definition) is 2. The van der Waals surface area contributed by atoms with Crippen molar-refractivity contribution in [2.75, 3.05) is 6.54 Å². The van der Waals surface area contributed by atoms with Crippen LogP contribution in [-0.4, -0.2) is 29.3 Å². The van der Waals surface area contributed by atoms with Crippen molar-refractivity contribution in [3.63, 3.8) is 0 Å². The number of rotatable bonds is 5. The summed E-state index contributed by atoms with van der Waals surface area (Å²) in [5.41, 5.74) is -0.281. The van der Waals surface area contributed by atoms with Crippen LogP contribution < -0.4 is 10.1 Å². The first-order valence-corrected chi connectivity index (χ1v) is 7.19. The van der Waals surface area contributed by atoms with Gasteiger partial charge in [-0.25, -0.2) is 0 Å². The molecule has 0 saturated heterocycles. The molecule has 0 aliphatic heterocycles. The van der Waals surface area contributed by atoms with Gasteiger partial charge in [-0.15, -0.1) is 0 Å². The summed E-state index contributed by atoms with van der Waals surface area (Å²) in [4.78, 5) is 12.0. The first-order valence-electron chi connectivity index (χ1n) is 7.19. The van der Waals surface area contributed by atoms with Crippen molar-refractivity contribution in [1.29, 1.82) is 5.26 Å². The first kappa shape index (κ1) is 15.3. The maximum atomic E-state index is 12.0. The molecule has 0 aromatic heterocycles. The highest BCUT2D eigenvalue weighted by Gasteiger charge is 2.31. The number of amides is 1. The number of aliphatic hydroxyl groups is 1. The lowest BCUT2D eigenvalue weighted by atomic mass is 10.0. The summed E-state index contributed by atoms with van der Waals surface area (Å²) in [5, 5.41) is 21.7. The standard InChI is InChI=1S/C16H20N2O3/c1-12(21-14-6-4-5-13(9-14)10-17)15(19)18-11-16(20)7-2-3-8-16/h4-6,9,12,20H,2-3,7-8,11H2,1H3,(H,18,19). The number of nitrogens with zero attached hydrogens (tertiary/aromatic N) is 1. The van der Waals surface area contributed by atoms with Crippen molar-refractivity contribution >= 4 is 5.91 Å². The Balaban J connectivity index is 1.86. The Hall–Kier alpha value is -2.06. The third-order valence-corrected chi connectivity index (χ3v) is 3.77. The van der Waals surface area contributed by atoms with Gasteiger partial charge in [-0.1, -0.05) is 18.9 Å². The predicted octanol–water partition coefficient (Wildman–Crippen LogP) is 1.75. The van der Waals surface area contributed by atoms with Gasteiger partial charge in [0, 0.05) is 6.54 Å². The molecule has 1 saturated carbocycles. The van der Waals surface area contributed by atoms with E-state index in [1.807, 2.05) is 6.07 Å². The molecule has 1 aromatic carbocycles. The summed E-state index contributed by atoms with van der Waals surface area (Å²) >= 11 is 0. The summed E-state index contributed by atoms with van der Waals surface area (Å²) < 4.78 is 5.52. The molecule has 0 spiro atoms. The van der Waals surface area contributed by atoms with E-state index in [2.05, 4.69) is 5.32 Å². The van der Waals surface area contributed by atoms with Crippen molar-refractivity contribution in [1.82, 2.24) is 5.32 Å². The van der Waals surface area contributed by atoms with Crippen LogP contribution >= 0.6 is 0 Å². The molecule has 21 heavy (non-hydrogen) atoms. The highest BCUT2D eigenvalue weighted by molar-refractivity contribution is 5.80. The number of carbonyl (C=O) groups excluding carboxylic acids is 1. The zero-order valence-electron chi connectivity index (χ0n) is 12.1. The predicted molar refractivity (Wildman–Crippen MR) is 77.7 cm³/mol. The third kappa shape index (κ3) is 4.20. The van der Waals surface area contributed by atoms with E-state index in [9.17, 15) is 9.90 Å². The summed E-state index contributed by atoms with van der Waals surface area (Å²) in [6, 6.07) is 8.70. The minimum atomic E-state index is -0.768. The Morgan fingerprint density at radius 2 is 2.24 bits per heavy atom. The molecule has 1 aliphatic rings. The molecule has 1 amide bonds. The lowest BCUT2D eigenvalue weighted by Crippen LogP contribution is -2.45. The molecule has 0 bridgehead atoms. The van der Waals surface area contributed by atoms with Crippen molar-refractivity contribution in [2.24, 2.45) is 0 Å². The maximum absolute atomic E-state index is 12.0. The lowest BCUT2D eigenvalue weighted by Gasteiger charge is -2.23. The van der Waals surface area contributed by atoms with E-state index in [0.717, 1.165) is 25.7 Å². The summed E-state index contributed by atoms with van der Waals surface area (Å²) in [6.07, 6.45) is 2.78. The van der Waals surface area contributed by atoms with Gasteiger partial charge in [0.2, 0.25) is 0 Å². The van der Waals surface area contributed by atoms with Crippen LogP contribution in [-0.2, 0) is 4.79 Å². The number of nitriles is 1. The summed E-state index contributed by atoms with van der Waals surface area (Å²) in [6.45, 7) is 1.91. The Morgan fingerprint density at radius 1 is 1.52 bits per heavy atom. The van der Waals surface area contributed by atoms with Crippen molar-refractivity contribution in [2.45, 2.75) is 44.3 Å². The molecule has 1 atom stereocenters. The van der Waals surface area contributed by atoms with E-state index in [0.29, 0.717) is 11.3 Å². The topological polar surface area (TPSA) is 82.3 Å². The van der Waals surface area contributed by atoms with Gasteiger partial charge < -0.3 is 15.2 Å². The van der Waals surface area contributed by atoms with Gasteiger partial charge in [-0.2, -0.15) is 5.26 Å². The molecule has 2 N–H and O–H groups in total. The molecule has 0 radical (unpaired) electrons. The molecule has 1 aromatic rings. The van der Waals surface area contributed by atoms with Crippen LogP contribution in [0.4, 0.5) is 0 Å². The first-order chi connectivity index (χ1) is 10.0. The zero-order valence-corrected chi connectivity index (χ0v) is 12.1. The van der Waals surface area contributed by atoms with Crippen LogP contribution in [0, 0.1) is 11.3 Å². The smallest absolute Gasteiger partial charge is 0.260 e. The molecular weight excluding hydrogens is 268 g/mol. The third-order valence-electron chi connectivity index (χ3n) is 3.77. The van der Waals surface area contributed by atoms with Crippen LogP contribution in [0.25, 0.3) is 0 Å². The second-order valence-corrected chi connectivity index (χ2v) is 5.55. The van der Waals surface area contributed by atoms with Gasteiger partial charge in [-0.05, 0) is 38.0 Å². The molecule has 1 aliphatic carbocycles. The van der Waals surface area contributed by atoms with E-state index in [1.165, 1.54) is 0 Å². The lowest BCUT2D eigenvalue weighted by molar-refractivity contribution is -0.128. The van der Waals surface area contributed by atoms with Crippen molar-refractivity contribution < 1.29 is 14.6 Å². The Labute approximate surface area is 124 Å². The highest BCUT2D eigenvalue weighted by atomic mass is 16.5.